The van der Waals surface area contributed by atoms with Crippen LogP contribution in [0.2, 0.25) is 5.02 Å². The number of hydrogen-bond donors (Lipinski definition) is 2. The number of hydrogen-bond acceptors (Lipinski definition) is 5. The van der Waals surface area contributed by atoms with Crippen LogP contribution in [0, 0.1) is 0 Å². The molecule has 2 N–H and O–H groups in total. The summed E-state index contributed by atoms with van der Waals surface area (Å²) >= 11 is 6.09. The van der Waals surface area contributed by atoms with Gasteiger partial charge in [-0.2, -0.15) is 0 Å². The van der Waals surface area contributed by atoms with Crippen molar-refractivity contribution >= 4 is 28.5 Å². The van der Waals surface area contributed by atoms with Crippen molar-refractivity contribution in [1.82, 2.24) is 24.5 Å². The van der Waals surface area contributed by atoms with Crippen LogP contribution in [-0.4, -0.2) is 24.5 Å². The van der Waals surface area contributed by atoms with E-state index in [2.05, 4.69) is 39.1 Å². The van der Waals surface area contributed by atoms with Crippen molar-refractivity contribution in [3.8, 4) is 11.4 Å². The summed E-state index contributed by atoms with van der Waals surface area (Å²) in [5.74, 6) is 0.442. The topological polar surface area (TPSA) is 88.5 Å². The minimum atomic E-state index is -0.299. The Bertz CT molecular complexity index is 1230. The Morgan fingerprint density at radius 3 is 2.79 bits per heavy atom. The molecule has 0 saturated heterocycles. The van der Waals surface area contributed by atoms with E-state index in [4.69, 9.17) is 11.6 Å². The highest BCUT2D eigenvalue weighted by atomic mass is 35.5. The Hall–Kier alpha value is -3.19. The van der Waals surface area contributed by atoms with Crippen molar-refractivity contribution in [3.63, 3.8) is 0 Å². The summed E-state index contributed by atoms with van der Waals surface area (Å²) in [6, 6.07) is 9.03. The van der Waals surface area contributed by atoms with Crippen LogP contribution in [0.4, 0.5) is 5.95 Å². The third-order valence-corrected chi connectivity index (χ3v) is 5.02. The molecule has 1 aromatic carbocycles. The minimum absolute atomic E-state index is 0.158. The number of nitrogens with zero attached hydrogens (tertiary/aromatic N) is 4. The number of rotatable bonds is 5. The van der Waals surface area contributed by atoms with Gasteiger partial charge in [0.1, 0.15) is 0 Å². The molecule has 29 heavy (non-hydrogen) atoms. The van der Waals surface area contributed by atoms with Gasteiger partial charge in [-0.15, -0.1) is 0 Å². The molecule has 0 spiro atoms. The number of aromatic amines is 1. The molecule has 3 aromatic heterocycles. The Balaban J connectivity index is 1.64. The van der Waals surface area contributed by atoms with Crippen LogP contribution in [0.25, 0.3) is 22.3 Å². The van der Waals surface area contributed by atoms with Gasteiger partial charge < -0.3 is 14.9 Å². The van der Waals surface area contributed by atoms with Gasteiger partial charge in [-0.1, -0.05) is 11.6 Å². The van der Waals surface area contributed by atoms with E-state index in [1.807, 2.05) is 29.7 Å². The Morgan fingerprint density at radius 1 is 1.17 bits per heavy atom. The van der Waals surface area contributed by atoms with Gasteiger partial charge in [0.2, 0.25) is 5.95 Å². The van der Waals surface area contributed by atoms with E-state index < -0.39 is 0 Å². The fourth-order valence-corrected chi connectivity index (χ4v) is 3.45. The second-order valence-electron chi connectivity index (χ2n) is 7.20. The summed E-state index contributed by atoms with van der Waals surface area (Å²) in [6.07, 6.45) is 5.27. The van der Waals surface area contributed by atoms with Gasteiger partial charge in [-0.25, -0.2) is 15.0 Å². The first-order chi connectivity index (χ1) is 13.9. The molecule has 0 aliphatic heterocycles. The van der Waals surface area contributed by atoms with Crippen LogP contribution in [0.5, 0.6) is 0 Å². The Labute approximate surface area is 172 Å². The lowest BCUT2D eigenvalue weighted by Gasteiger charge is -2.15. The van der Waals surface area contributed by atoms with Gasteiger partial charge in [0.25, 0.3) is 5.56 Å². The van der Waals surface area contributed by atoms with Crippen molar-refractivity contribution in [3.05, 3.63) is 70.0 Å². The number of pyridine rings is 1. The lowest BCUT2D eigenvalue weighted by Crippen LogP contribution is -2.20. The van der Waals surface area contributed by atoms with Crippen LogP contribution in [-0.2, 0) is 0 Å². The fraction of sp³-hybridized carbons (Fsp3) is 0.238. The Morgan fingerprint density at radius 2 is 2.00 bits per heavy atom. The van der Waals surface area contributed by atoms with Crippen LogP contribution >= 0.6 is 11.6 Å². The highest BCUT2D eigenvalue weighted by Gasteiger charge is 2.14. The van der Waals surface area contributed by atoms with Crippen LogP contribution in [0.3, 0.4) is 0 Å². The second kappa shape index (κ2) is 7.67. The molecule has 0 bridgehead atoms. The first kappa shape index (κ1) is 19.1. The average Bonchev–Trinajstić information content (AvgIpc) is 3.18. The maximum Gasteiger partial charge on any atom is 0.253 e. The zero-order chi connectivity index (χ0) is 20.5. The van der Waals surface area contributed by atoms with Gasteiger partial charge in [0.15, 0.2) is 0 Å². The van der Waals surface area contributed by atoms with E-state index in [1.54, 1.807) is 30.9 Å². The van der Waals surface area contributed by atoms with Gasteiger partial charge in [0, 0.05) is 33.7 Å². The molecule has 7 nitrogen and oxygen atoms in total. The quantitative estimate of drug-likeness (QED) is 0.504. The number of benzene rings is 1. The van der Waals surface area contributed by atoms with E-state index >= 15 is 0 Å². The van der Waals surface area contributed by atoms with Crippen LogP contribution in [0.15, 0.2) is 53.8 Å². The number of H-pyrrole nitrogens is 1. The monoisotopic (exact) mass is 408 g/mol. The standard InChI is InChI=1S/C21H21ClN6O/c1-12(2)28-11-23-10-19(28)18-6-7-24-21(27-18)25-13(3)16-9-14-8-15(22)4-5-17(14)26-20(16)29/h4-13H,1-3H3,(H,26,29)(H,24,25,27). The number of fused-ring (bicyclic) bond motifs is 1. The normalized spacial score (nSPS) is 12.4. The smallest absolute Gasteiger partial charge is 0.253 e. The predicted octanol–water partition coefficient (Wildman–Crippen LogP) is 4.59. The van der Waals surface area contributed by atoms with Gasteiger partial charge in [-0.3, -0.25) is 4.79 Å². The van der Waals surface area contributed by atoms with Crippen molar-refractivity contribution < 1.29 is 0 Å². The first-order valence-electron chi connectivity index (χ1n) is 9.36. The summed E-state index contributed by atoms with van der Waals surface area (Å²) in [5.41, 5.74) is 2.85. The highest BCUT2D eigenvalue weighted by molar-refractivity contribution is 6.31. The zero-order valence-corrected chi connectivity index (χ0v) is 17.1. The maximum atomic E-state index is 12.5. The number of imidazole rings is 1. The summed E-state index contributed by atoms with van der Waals surface area (Å²) in [5, 5.41) is 4.72. The zero-order valence-electron chi connectivity index (χ0n) is 16.3. The Kier molecular flexibility index (Phi) is 5.07. The minimum Gasteiger partial charge on any atom is -0.347 e. The lowest BCUT2D eigenvalue weighted by molar-refractivity contribution is 0.604. The molecule has 0 amide bonds. The SMILES string of the molecule is CC(Nc1nccc(-c2cncn2C(C)C)n1)c1cc2cc(Cl)ccc2[nH]c1=O. The summed E-state index contributed by atoms with van der Waals surface area (Å²) in [7, 11) is 0. The molecule has 1 atom stereocenters. The molecule has 0 saturated carbocycles. The molecule has 148 valence electrons. The molecule has 4 aromatic rings. The number of halogens is 1. The van der Waals surface area contributed by atoms with Gasteiger partial charge in [0.05, 0.1) is 30.0 Å². The summed E-state index contributed by atoms with van der Waals surface area (Å²) in [4.78, 5) is 28.6. The van der Waals surface area contributed by atoms with E-state index in [0.29, 0.717) is 16.5 Å². The third kappa shape index (κ3) is 3.86. The first-order valence-corrected chi connectivity index (χ1v) is 9.74. The fourth-order valence-electron chi connectivity index (χ4n) is 3.27. The summed E-state index contributed by atoms with van der Waals surface area (Å²) < 4.78 is 2.05. The van der Waals surface area contributed by atoms with Crippen molar-refractivity contribution in [2.75, 3.05) is 5.32 Å². The van der Waals surface area contributed by atoms with E-state index in [1.165, 1.54) is 0 Å². The second-order valence-corrected chi connectivity index (χ2v) is 7.63. The van der Waals surface area contributed by atoms with Crippen LogP contribution in [0.1, 0.15) is 38.4 Å². The lowest BCUT2D eigenvalue weighted by atomic mass is 10.1. The van der Waals surface area contributed by atoms with Crippen molar-refractivity contribution in [2.24, 2.45) is 0 Å². The molecule has 1 unspecified atom stereocenters. The largest absolute Gasteiger partial charge is 0.347 e. The van der Waals surface area contributed by atoms with Crippen LogP contribution < -0.4 is 10.9 Å². The van der Waals surface area contributed by atoms with Crippen molar-refractivity contribution in [1.29, 1.82) is 0 Å². The van der Waals surface area contributed by atoms with E-state index in [9.17, 15) is 4.79 Å². The van der Waals surface area contributed by atoms with E-state index in [-0.39, 0.29) is 17.6 Å². The number of aromatic nitrogens is 5. The predicted molar refractivity (Wildman–Crippen MR) is 115 cm³/mol. The third-order valence-electron chi connectivity index (χ3n) is 4.79. The molecule has 0 fully saturated rings. The number of anilines is 1. The van der Waals surface area contributed by atoms with Crippen molar-refractivity contribution in [2.45, 2.75) is 32.9 Å². The van der Waals surface area contributed by atoms with Gasteiger partial charge >= 0.3 is 0 Å². The van der Waals surface area contributed by atoms with E-state index in [0.717, 1.165) is 22.3 Å². The number of nitrogens with one attached hydrogen (secondary N) is 2. The molecular weight excluding hydrogens is 388 g/mol. The molecule has 0 aliphatic carbocycles. The maximum absolute atomic E-state index is 12.5. The molecule has 8 heteroatoms. The molecule has 4 rings (SSSR count). The van der Waals surface area contributed by atoms with Gasteiger partial charge in [-0.05, 0) is 51.1 Å². The summed E-state index contributed by atoms with van der Waals surface area (Å²) in [6.45, 7) is 6.08. The average molecular weight is 409 g/mol. The molecule has 3 heterocycles. The molecule has 0 radical (unpaired) electrons. The molecule has 0 aliphatic rings. The highest BCUT2D eigenvalue weighted by Crippen LogP contribution is 2.23. The molecular formula is C21H21ClN6O.